The van der Waals surface area contributed by atoms with Gasteiger partial charge in [-0.1, -0.05) is 13.8 Å². The number of esters is 1. The number of rotatable bonds is 6. The molecule has 1 saturated carbocycles. The highest BCUT2D eigenvalue weighted by Crippen LogP contribution is 2.43. The molecule has 5 rings (SSSR count). The van der Waals surface area contributed by atoms with Gasteiger partial charge in [-0.2, -0.15) is 0 Å². The molecular weight excluding hydrogens is 489 g/mol. The number of aromatic nitrogens is 1. The van der Waals surface area contributed by atoms with E-state index in [0.29, 0.717) is 54.2 Å². The topological polar surface area (TPSA) is 97.8 Å². The third-order valence-corrected chi connectivity index (χ3v) is 8.32. The predicted molar refractivity (Wildman–Crippen MR) is 138 cm³/mol. The first kappa shape index (κ1) is 26.1. The average molecular weight is 524 g/mol. The van der Waals surface area contributed by atoms with Crippen LogP contribution in [0.2, 0.25) is 0 Å². The lowest BCUT2D eigenvalue weighted by molar-refractivity contribution is -0.150. The summed E-state index contributed by atoms with van der Waals surface area (Å²) < 4.78 is 25.1. The number of benzene rings is 1. The summed E-state index contributed by atoms with van der Waals surface area (Å²) in [5, 5.41) is 2.89. The number of anilines is 1. The van der Waals surface area contributed by atoms with Crippen LogP contribution in [0.15, 0.2) is 24.3 Å². The summed E-state index contributed by atoms with van der Waals surface area (Å²) in [7, 11) is 2.89. The quantitative estimate of drug-likeness (QED) is 0.573. The van der Waals surface area contributed by atoms with Crippen LogP contribution in [0.25, 0.3) is 0 Å². The molecule has 9 heteroatoms. The normalized spacial score (nSPS) is 23.1. The third-order valence-electron chi connectivity index (χ3n) is 8.32. The van der Waals surface area contributed by atoms with E-state index in [9.17, 15) is 14.4 Å². The number of methoxy groups -OCH3 is 2. The number of amides is 2. The van der Waals surface area contributed by atoms with Crippen LogP contribution in [0, 0.1) is 17.7 Å². The van der Waals surface area contributed by atoms with E-state index in [2.05, 4.69) is 10.3 Å². The number of hydrogen-bond acceptors (Lipinski definition) is 6. The number of fused-ring (bicyclic) bond motifs is 2. The van der Waals surface area contributed by atoms with E-state index in [0.717, 1.165) is 18.4 Å². The Balaban J connectivity index is 1.40. The number of carbonyl (C=O) groups is 3. The fourth-order valence-electron chi connectivity index (χ4n) is 6.23. The number of nitrogens with one attached hydrogen (secondary N) is 1. The zero-order valence-corrected chi connectivity index (χ0v) is 22.3. The van der Waals surface area contributed by atoms with Crippen molar-refractivity contribution in [1.29, 1.82) is 0 Å². The second-order valence-electron chi connectivity index (χ2n) is 11.3. The van der Waals surface area contributed by atoms with Gasteiger partial charge in [0, 0.05) is 42.6 Å². The predicted octanol–water partition coefficient (Wildman–Crippen LogP) is 4.11. The molecule has 3 aliphatic rings. The van der Waals surface area contributed by atoms with Crippen LogP contribution in [-0.4, -0.2) is 48.4 Å². The van der Waals surface area contributed by atoms with Gasteiger partial charge in [0.2, 0.25) is 11.8 Å². The number of halogens is 1. The van der Waals surface area contributed by atoms with Gasteiger partial charge in [-0.3, -0.25) is 14.4 Å². The Labute approximate surface area is 221 Å². The van der Waals surface area contributed by atoms with Crippen LogP contribution >= 0.6 is 0 Å². The monoisotopic (exact) mass is 523 g/mol. The summed E-state index contributed by atoms with van der Waals surface area (Å²) >= 11 is 0. The zero-order chi connectivity index (χ0) is 27.2. The summed E-state index contributed by atoms with van der Waals surface area (Å²) in [5.74, 6) is -0.846. The average Bonchev–Trinajstić information content (AvgIpc) is 3.18. The van der Waals surface area contributed by atoms with Gasteiger partial charge in [-0.15, -0.1) is 0 Å². The van der Waals surface area contributed by atoms with Crippen LogP contribution in [-0.2, 0) is 37.4 Å². The molecule has 1 N–H and O–H groups in total. The standard InChI is InChI=1S/C29H34FN3O5/c1-29(2)9-7-17-14-19(15-21(30)25(17)29)31-27(35)26-20-5-6-23(37-3)32-22(20)8-10-33(26)28(36)18-11-16(12-18)13-24(34)38-4/h5-6,14-16,18,26H,7-13H2,1-4H3,(H,31,35). The van der Waals surface area contributed by atoms with Gasteiger partial charge in [-0.25, -0.2) is 9.37 Å². The lowest BCUT2D eigenvalue weighted by Gasteiger charge is -2.42. The van der Waals surface area contributed by atoms with E-state index >= 15 is 4.39 Å². The molecule has 1 aromatic heterocycles. The van der Waals surface area contributed by atoms with E-state index in [1.54, 1.807) is 17.0 Å². The van der Waals surface area contributed by atoms with Crippen LogP contribution in [0.1, 0.15) is 68.0 Å². The van der Waals surface area contributed by atoms with Gasteiger partial charge in [0.1, 0.15) is 11.9 Å². The highest BCUT2D eigenvalue weighted by atomic mass is 19.1. The smallest absolute Gasteiger partial charge is 0.305 e. The highest BCUT2D eigenvalue weighted by Gasteiger charge is 2.44. The Morgan fingerprint density at radius 2 is 1.92 bits per heavy atom. The maximum atomic E-state index is 15.1. The first-order valence-corrected chi connectivity index (χ1v) is 13.2. The fourth-order valence-corrected chi connectivity index (χ4v) is 6.23. The molecule has 0 spiro atoms. The van der Waals surface area contributed by atoms with Crippen molar-refractivity contribution in [2.75, 3.05) is 26.1 Å². The maximum Gasteiger partial charge on any atom is 0.305 e. The molecule has 0 bridgehead atoms. The molecule has 202 valence electrons. The number of ether oxygens (including phenoxy) is 2. The lowest BCUT2D eigenvalue weighted by Crippen LogP contribution is -2.50. The van der Waals surface area contributed by atoms with Gasteiger partial charge in [0.15, 0.2) is 0 Å². The van der Waals surface area contributed by atoms with Crippen molar-refractivity contribution in [1.82, 2.24) is 9.88 Å². The molecule has 8 nitrogen and oxygen atoms in total. The molecule has 1 aliphatic heterocycles. The summed E-state index contributed by atoms with van der Waals surface area (Å²) in [6.07, 6.45) is 3.54. The number of carbonyl (C=O) groups excluding carboxylic acids is 3. The molecular formula is C29H34FN3O5. The van der Waals surface area contributed by atoms with Gasteiger partial charge >= 0.3 is 5.97 Å². The van der Waals surface area contributed by atoms with Gasteiger partial charge in [0.25, 0.3) is 5.91 Å². The summed E-state index contributed by atoms with van der Waals surface area (Å²) in [4.78, 5) is 45.1. The summed E-state index contributed by atoms with van der Waals surface area (Å²) in [6, 6.07) is 5.76. The van der Waals surface area contributed by atoms with E-state index in [1.165, 1.54) is 20.3 Å². The molecule has 2 aromatic rings. The lowest BCUT2D eigenvalue weighted by atomic mass is 9.72. The Hall–Kier alpha value is -3.49. The first-order chi connectivity index (χ1) is 18.1. The SMILES string of the molecule is COC(=O)CC1CC(C(=O)N2CCc3nc(OC)ccc3C2C(=O)Nc2cc(F)c3c(c2)CCC3(C)C)C1. The number of hydrogen-bond donors (Lipinski definition) is 1. The van der Waals surface area contributed by atoms with Gasteiger partial charge < -0.3 is 19.7 Å². The van der Waals surface area contributed by atoms with Crippen LogP contribution < -0.4 is 10.1 Å². The van der Waals surface area contributed by atoms with E-state index in [1.807, 2.05) is 19.9 Å². The van der Waals surface area contributed by atoms with Crippen molar-refractivity contribution in [2.24, 2.45) is 11.8 Å². The zero-order valence-electron chi connectivity index (χ0n) is 22.3. The summed E-state index contributed by atoms with van der Waals surface area (Å²) in [5.41, 5.74) is 3.08. The minimum Gasteiger partial charge on any atom is -0.481 e. The molecule has 1 atom stereocenters. The molecule has 2 aliphatic carbocycles. The van der Waals surface area contributed by atoms with Crippen molar-refractivity contribution in [3.8, 4) is 5.88 Å². The fraction of sp³-hybridized carbons (Fsp3) is 0.517. The first-order valence-electron chi connectivity index (χ1n) is 13.2. The minimum absolute atomic E-state index is 0.102. The van der Waals surface area contributed by atoms with Crippen molar-refractivity contribution >= 4 is 23.5 Å². The van der Waals surface area contributed by atoms with Crippen LogP contribution in [0.5, 0.6) is 5.88 Å². The minimum atomic E-state index is -0.905. The molecule has 1 unspecified atom stereocenters. The molecule has 2 heterocycles. The molecule has 38 heavy (non-hydrogen) atoms. The summed E-state index contributed by atoms with van der Waals surface area (Å²) in [6.45, 7) is 4.38. The second kappa shape index (κ2) is 10.0. The molecule has 0 radical (unpaired) electrons. The van der Waals surface area contributed by atoms with Crippen molar-refractivity contribution in [2.45, 2.75) is 63.8 Å². The Bertz CT molecular complexity index is 1290. The Morgan fingerprint density at radius 3 is 2.63 bits per heavy atom. The maximum absolute atomic E-state index is 15.1. The van der Waals surface area contributed by atoms with E-state index < -0.39 is 11.9 Å². The molecule has 0 saturated heterocycles. The molecule has 1 fully saturated rings. The van der Waals surface area contributed by atoms with E-state index in [-0.39, 0.29) is 41.4 Å². The van der Waals surface area contributed by atoms with Crippen LogP contribution in [0.4, 0.5) is 10.1 Å². The Kier molecular flexibility index (Phi) is 6.88. The van der Waals surface area contributed by atoms with Crippen LogP contribution in [0.3, 0.4) is 0 Å². The van der Waals surface area contributed by atoms with Gasteiger partial charge in [-0.05, 0) is 66.3 Å². The molecule has 1 aromatic carbocycles. The van der Waals surface area contributed by atoms with Crippen molar-refractivity contribution in [3.05, 3.63) is 52.5 Å². The second-order valence-corrected chi connectivity index (χ2v) is 11.3. The number of pyridine rings is 1. The van der Waals surface area contributed by atoms with Crippen molar-refractivity contribution < 1.29 is 28.2 Å². The highest BCUT2D eigenvalue weighted by molar-refractivity contribution is 5.99. The van der Waals surface area contributed by atoms with Crippen molar-refractivity contribution in [3.63, 3.8) is 0 Å². The third kappa shape index (κ3) is 4.74. The molecule has 2 amide bonds. The number of nitrogens with zero attached hydrogens (tertiary/aromatic N) is 2. The van der Waals surface area contributed by atoms with E-state index in [4.69, 9.17) is 9.47 Å². The number of aryl methyl sites for hydroxylation is 1. The van der Waals surface area contributed by atoms with Gasteiger partial charge in [0.05, 0.1) is 19.9 Å². The Morgan fingerprint density at radius 1 is 1.16 bits per heavy atom. The largest absolute Gasteiger partial charge is 0.481 e.